The van der Waals surface area contributed by atoms with Gasteiger partial charge in [0, 0.05) is 37.8 Å². The van der Waals surface area contributed by atoms with Gasteiger partial charge in [0.2, 0.25) is 0 Å². The molecule has 0 unspecified atom stereocenters. The fourth-order valence-corrected chi connectivity index (χ4v) is 4.16. The maximum absolute atomic E-state index is 14.8. The fraction of sp³-hybridized carbons (Fsp3) is 0.667. The van der Waals surface area contributed by atoms with E-state index >= 15 is 0 Å². The highest BCUT2D eigenvalue weighted by molar-refractivity contribution is 5.85. The first kappa shape index (κ1) is 23.5. The van der Waals surface area contributed by atoms with Gasteiger partial charge in [-0.3, -0.25) is 4.90 Å². The molecule has 0 bridgehead atoms. The molecule has 1 saturated heterocycles. The molecule has 1 atom stereocenters. The minimum absolute atomic E-state index is 0. The molecule has 1 saturated carbocycles. The first-order chi connectivity index (χ1) is 11.5. The van der Waals surface area contributed by atoms with Crippen molar-refractivity contribution in [1.82, 2.24) is 10.2 Å². The highest BCUT2D eigenvalue weighted by atomic mass is 35.5. The summed E-state index contributed by atoms with van der Waals surface area (Å²) in [6.07, 6.45) is 0.590. The van der Waals surface area contributed by atoms with E-state index < -0.39 is 17.6 Å². The Kier molecular flexibility index (Phi) is 9.13. The van der Waals surface area contributed by atoms with Crippen molar-refractivity contribution in [1.29, 1.82) is 0 Å². The molecule has 1 aliphatic heterocycles. The Labute approximate surface area is 164 Å². The molecule has 0 amide bonds. The summed E-state index contributed by atoms with van der Waals surface area (Å²) in [6, 6.07) is 3.48. The molecular formula is C18H26Cl2F4N2. The third-order valence-corrected chi connectivity index (χ3v) is 5.29. The SMILES string of the molecule is Cl.Cl.Fc1c([C@@H](C2CCCCC2)N2CCNCC2)cccc1C(F)(F)F. The summed E-state index contributed by atoms with van der Waals surface area (Å²) in [7, 11) is 0. The van der Waals surface area contributed by atoms with Gasteiger partial charge in [0.25, 0.3) is 0 Å². The summed E-state index contributed by atoms with van der Waals surface area (Å²) in [5.74, 6) is -0.853. The lowest BCUT2D eigenvalue weighted by Gasteiger charge is -2.41. The van der Waals surface area contributed by atoms with Crippen molar-refractivity contribution < 1.29 is 17.6 Å². The van der Waals surface area contributed by atoms with E-state index in [0.29, 0.717) is 0 Å². The Balaban J connectivity index is 0.00000169. The molecule has 1 aliphatic carbocycles. The molecule has 1 aromatic rings. The summed E-state index contributed by atoms with van der Waals surface area (Å²) in [5.41, 5.74) is -0.922. The van der Waals surface area contributed by atoms with Gasteiger partial charge >= 0.3 is 6.18 Å². The van der Waals surface area contributed by atoms with Crippen LogP contribution in [-0.2, 0) is 6.18 Å². The number of hydrogen-bond acceptors (Lipinski definition) is 2. The number of halogens is 6. The van der Waals surface area contributed by atoms with E-state index in [0.717, 1.165) is 64.3 Å². The third-order valence-electron chi connectivity index (χ3n) is 5.29. The molecule has 3 rings (SSSR count). The second-order valence-corrected chi connectivity index (χ2v) is 6.84. The van der Waals surface area contributed by atoms with Crippen molar-refractivity contribution in [3.8, 4) is 0 Å². The van der Waals surface area contributed by atoms with Crippen LogP contribution in [0.3, 0.4) is 0 Å². The highest BCUT2D eigenvalue weighted by Crippen LogP contribution is 2.42. The normalized spacial score (nSPS) is 20.8. The van der Waals surface area contributed by atoms with Crippen molar-refractivity contribution in [3.05, 3.63) is 35.1 Å². The second kappa shape index (κ2) is 10.1. The van der Waals surface area contributed by atoms with Gasteiger partial charge in [0.15, 0.2) is 0 Å². The van der Waals surface area contributed by atoms with Crippen LogP contribution < -0.4 is 5.32 Å². The molecule has 2 aliphatic rings. The minimum Gasteiger partial charge on any atom is -0.314 e. The molecule has 1 N–H and O–H groups in total. The number of piperazine rings is 1. The summed E-state index contributed by atoms with van der Waals surface area (Å²) < 4.78 is 54.1. The molecule has 2 nitrogen and oxygen atoms in total. The smallest absolute Gasteiger partial charge is 0.314 e. The Morgan fingerprint density at radius 1 is 1.00 bits per heavy atom. The molecule has 26 heavy (non-hydrogen) atoms. The lowest BCUT2D eigenvalue weighted by molar-refractivity contribution is -0.140. The first-order valence-corrected chi connectivity index (χ1v) is 8.79. The van der Waals surface area contributed by atoms with Crippen molar-refractivity contribution >= 4 is 24.8 Å². The second-order valence-electron chi connectivity index (χ2n) is 6.84. The summed E-state index contributed by atoms with van der Waals surface area (Å²) in [5, 5.41) is 3.26. The molecule has 2 fully saturated rings. The van der Waals surface area contributed by atoms with Gasteiger partial charge in [-0.25, -0.2) is 4.39 Å². The van der Waals surface area contributed by atoms with Crippen molar-refractivity contribution in [2.75, 3.05) is 26.2 Å². The minimum atomic E-state index is -4.65. The van der Waals surface area contributed by atoms with Crippen LogP contribution in [0.1, 0.15) is 49.3 Å². The zero-order valence-electron chi connectivity index (χ0n) is 14.5. The quantitative estimate of drug-likeness (QED) is 0.679. The first-order valence-electron chi connectivity index (χ1n) is 8.79. The van der Waals surface area contributed by atoms with Gasteiger partial charge < -0.3 is 5.32 Å². The van der Waals surface area contributed by atoms with Gasteiger partial charge in [-0.05, 0) is 24.8 Å². The van der Waals surface area contributed by atoms with Crippen LogP contribution in [0, 0.1) is 11.7 Å². The highest BCUT2D eigenvalue weighted by Gasteiger charge is 2.38. The number of benzene rings is 1. The number of hydrogen-bond donors (Lipinski definition) is 1. The van der Waals surface area contributed by atoms with E-state index in [1.165, 1.54) is 6.07 Å². The fourth-order valence-electron chi connectivity index (χ4n) is 4.16. The van der Waals surface area contributed by atoms with E-state index in [-0.39, 0.29) is 42.3 Å². The number of nitrogens with one attached hydrogen (secondary N) is 1. The summed E-state index contributed by atoms with van der Waals surface area (Å²) in [4.78, 5) is 2.17. The van der Waals surface area contributed by atoms with Crippen LogP contribution in [-0.4, -0.2) is 31.1 Å². The van der Waals surface area contributed by atoms with Crippen LogP contribution in [0.25, 0.3) is 0 Å². The van der Waals surface area contributed by atoms with Gasteiger partial charge in [-0.2, -0.15) is 13.2 Å². The Morgan fingerprint density at radius 3 is 2.19 bits per heavy atom. The molecular weight excluding hydrogens is 391 g/mol. The topological polar surface area (TPSA) is 15.3 Å². The van der Waals surface area contributed by atoms with Gasteiger partial charge in [-0.15, -0.1) is 24.8 Å². The number of alkyl halides is 3. The van der Waals surface area contributed by atoms with Crippen LogP contribution >= 0.6 is 24.8 Å². The zero-order valence-corrected chi connectivity index (χ0v) is 16.2. The Hall–Kier alpha value is -0.560. The summed E-state index contributed by atoms with van der Waals surface area (Å²) >= 11 is 0. The Bertz CT molecular complexity index is 539. The van der Waals surface area contributed by atoms with Crippen molar-refractivity contribution in [3.63, 3.8) is 0 Å². The van der Waals surface area contributed by atoms with Gasteiger partial charge in [-0.1, -0.05) is 31.4 Å². The maximum Gasteiger partial charge on any atom is 0.419 e. The van der Waals surface area contributed by atoms with E-state index in [1.54, 1.807) is 6.07 Å². The molecule has 0 aromatic heterocycles. The monoisotopic (exact) mass is 416 g/mol. The van der Waals surface area contributed by atoms with E-state index in [9.17, 15) is 17.6 Å². The predicted molar refractivity (Wildman–Crippen MR) is 99.7 cm³/mol. The standard InChI is InChI=1S/C18H24F4N2.2ClH/c19-16-14(7-4-8-15(16)18(20,21)22)17(13-5-2-1-3-6-13)24-11-9-23-10-12-24;;/h4,7-8,13,17,23H,1-3,5-6,9-12H2;2*1H/t17-;;/m1../s1. The molecule has 150 valence electrons. The van der Waals surface area contributed by atoms with Gasteiger partial charge in [0.05, 0.1) is 5.56 Å². The zero-order chi connectivity index (χ0) is 17.2. The molecule has 0 radical (unpaired) electrons. The lowest BCUT2D eigenvalue weighted by Crippen LogP contribution is -2.47. The van der Waals surface area contributed by atoms with Crippen molar-refractivity contribution in [2.24, 2.45) is 5.92 Å². The van der Waals surface area contributed by atoms with Crippen LogP contribution in [0.4, 0.5) is 17.6 Å². The molecule has 0 spiro atoms. The number of nitrogens with zero attached hydrogens (tertiary/aromatic N) is 1. The van der Waals surface area contributed by atoms with Crippen LogP contribution in [0.5, 0.6) is 0 Å². The molecule has 8 heteroatoms. The third kappa shape index (κ3) is 5.24. The van der Waals surface area contributed by atoms with Crippen LogP contribution in [0.2, 0.25) is 0 Å². The van der Waals surface area contributed by atoms with E-state index in [2.05, 4.69) is 10.2 Å². The average molecular weight is 417 g/mol. The van der Waals surface area contributed by atoms with E-state index in [4.69, 9.17) is 0 Å². The largest absolute Gasteiger partial charge is 0.419 e. The lowest BCUT2D eigenvalue weighted by atomic mass is 9.79. The van der Waals surface area contributed by atoms with Gasteiger partial charge in [0.1, 0.15) is 5.82 Å². The van der Waals surface area contributed by atoms with Crippen LogP contribution in [0.15, 0.2) is 18.2 Å². The summed E-state index contributed by atoms with van der Waals surface area (Å²) in [6.45, 7) is 3.08. The maximum atomic E-state index is 14.8. The molecule has 1 aromatic carbocycles. The van der Waals surface area contributed by atoms with E-state index in [1.807, 2.05) is 0 Å². The molecule has 1 heterocycles. The van der Waals surface area contributed by atoms with Crippen molar-refractivity contribution in [2.45, 2.75) is 44.3 Å². The predicted octanol–water partition coefficient (Wildman–Crippen LogP) is 5.21. The number of rotatable bonds is 3. The average Bonchev–Trinajstić information content (AvgIpc) is 2.58. The Morgan fingerprint density at radius 2 is 1.62 bits per heavy atom.